The number of nitro groups is 1. The van der Waals surface area contributed by atoms with Crippen LogP contribution in [0.2, 0.25) is 0 Å². The molecule has 0 radical (unpaired) electrons. The smallest absolute Gasteiger partial charge is 0.348 e. The lowest BCUT2D eigenvalue weighted by Gasteiger charge is -2.07. The van der Waals surface area contributed by atoms with Crippen LogP contribution in [0.25, 0.3) is 0 Å². The zero-order chi connectivity index (χ0) is 22.4. The first-order valence-corrected chi connectivity index (χ1v) is 10.0. The Morgan fingerprint density at radius 2 is 1.90 bits per heavy atom. The first kappa shape index (κ1) is 23.0. The van der Waals surface area contributed by atoms with E-state index in [0.717, 1.165) is 17.4 Å². The molecule has 1 amide bonds. The lowest BCUT2D eigenvalue weighted by atomic mass is 10.1. The number of hydrogen-bond acceptors (Lipinski definition) is 8. The number of carbonyl (C=O) groups is 3. The number of ether oxygens (including phenoxy) is 2. The second kappa shape index (κ2) is 9.97. The molecule has 10 heteroatoms. The molecule has 30 heavy (non-hydrogen) atoms. The molecule has 0 aliphatic rings. The summed E-state index contributed by atoms with van der Waals surface area (Å²) in [6.45, 7) is 7.31. The van der Waals surface area contributed by atoms with Crippen LogP contribution in [0.4, 0.5) is 10.7 Å². The van der Waals surface area contributed by atoms with Crippen molar-refractivity contribution in [2.45, 2.75) is 27.7 Å². The molecule has 0 unspecified atom stereocenters. The van der Waals surface area contributed by atoms with E-state index in [4.69, 9.17) is 9.47 Å². The molecule has 9 nitrogen and oxygen atoms in total. The Bertz CT molecular complexity index is 982. The standard InChI is InChI=1S/C20H22N2O7S/c1-5-28-19(24)15-12(4)16(20(25)29-10-11(2)3)30-18(15)21-17(23)13-7-6-8-14(9-13)22(26)27/h6-9,11H,5,10H2,1-4H3,(H,21,23). The second-order valence-electron chi connectivity index (χ2n) is 6.73. The third-order valence-electron chi connectivity index (χ3n) is 3.91. The molecule has 0 fully saturated rings. The van der Waals surface area contributed by atoms with Crippen LogP contribution in [-0.2, 0) is 9.47 Å². The van der Waals surface area contributed by atoms with Crippen molar-refractivity contribution < 1.29 is 28.8 Å². The Labute approximate surface area is 177 Å². The van der Waals surface area contributed by atoms with Gasteiger partial charge in [0.1, 0.15) is 9.88 Å². The number of nitrogens with zero attached hydrogens (tertiary/aromatic N) is 1. The molecule has 0 bridgehead atoms. The van der Waals surface area contributed by atoms with Crippen molar-refractivity contribution in [2.24, 2.45) is 5.92 Å². The molecule has 1 aromatic carbocycles. The minimum absolute atomic E-state index is 0.0361. The monoisotopic (exact) mass is 434 g/mol. The summed E-state index contributed by atoms with van der Waals surface area (Å²) in [6.07, 6.45) is 0. The van der Waals surface area contributed by atoms with Crippen molar-refractivity contribution in [3.8, 4) is 0 Å². The van der Waals surface area contributed by atoms with Crippen molar-refractivity contribution in [1.82, 2.24) is 0 Å². The van der Waals surface area contributed by atoms with Crippen LogP contribution in [0.3, 0.4) is 0 Å². The third-order valence-corrected chi connectivity index (χ3v) is 5.09. The molecule has 0 aliphatic carbocycles. The highest BCUT2D eigenvalue weighted by molar-refractivity contribution is 7.18. The number of amides is 1. The molecule has 0 saturated carbocycles. The summed E-state index contributed by atoms with van der Waals surface area (Å²) in [7, 11) is 0. The van der Waals surface area contributed by atoms with E-state index in [2.05, 4.69) is 5.32 Å². The van der Waals surface area contributed by atoms with E-state index in [-0.39, 0.29) is 45.8 Å². The van der Waals surface area contributed by atoms with Gasteiger partial charge in [-0.15, -0.1) is 11.3 Å². The number of benzene rings is 1. The van der Waals surface area contributed by atoms with Gasteiger partial charge in [-0.25, -0.2) is 9.59 Å². The lowest BCUT2D eigenvalue weighted by Crippen LogP contribution is -2.15. The average Bonchev–Trinajstić information content (AvgIpc) is 3.02. The molecule has 2 aromatic rings. The summed E-state index contributed by atoms with van der Waals surface area (Å²) in [4.78, 5) is 48.0. The Hall–Kier alpha value is -3.27. The fourth-order valence-corrected chi connectivity index (χ4v) is 3.57. The van der Waals surface area contributed by atoms with Crippen molar-refractivity contribution >= 4 is 39.9 Å². The SMILES string of the molecule is CCOC(=O)c1c(NC(=O)c2cccc([N+](=O)[O-])c2)sc(C(=O)OCC(C)C)c1C. The Balaban J connectivity index is 2.39. The van der Waals surface area contributed by atoms with Gasteiger partial charge >= 0.3 is 11.9 Å². The molecule has 1 aromatic heterocycles. The number of hydrogen-bond donors (Lipinski definition) is 1. The van der Waals surface area contributed by atoms with Crippen LogP contribution in [0.15, 0.2) is 24.3 Å². The van der Waals surface area contributed by atoms with Crippen molar-refractivity contribution in [2.75, 3.05) is 18.5 Å². The first-order chi connectivity index (χ1) is 14.1. The van der Waals surface area contributed by atoms with Gasteiger partial charge in [-0.1, -0.05) is 19.9 Å². The number of nitro benzene ring substituents is 1. The molecule has 2 rings (SSSR count). The minimum atomic E-state index is -0.691. The molecule has 0 saturated heterocycles. The lowest BCUT2D eigenvalue weighted by molar-refractivity contribution is -0.384. The Morgan fingerprint density at radius 1 is 1.20 bits per heavy atom. The Kier molecular flexibility index (Phi) is 7.65. The molecular weight excluding hydrogens is 412 g/mol. The fraction of sp³-hybridized carbons (Fsp3) is 0.350. The zero-order valence-corrected chi connectivity index (χ0v) is 17.8. The van der Waals surface area contributed by atoms with E-state index >= 15 is 0 Å². The maximum absolute atomic E-state index is 12.6. The summed E-state index contributed by atoms with van der Waals surface area (Å²) in [5.41, 5.74) is 0.182. The van der Waals surface area contributed by atoms with Crippen molar-refractivity contribution in [3.63, 3.8) is 0 Å². The third kappa shape index (κ3) is 5.41. The maximum atomic E-state index is 12.6. The minimum Gasteiger partial charge on any atom is -0.462 e. The number of nitrogens with one attached hydrogen (secondary N) is 1. The second-order valence-corrected chi connectivity index (χ2v) is 7.76. The molecule has 1 heterocycles. The maximum Gasteiger partial charge on any atom is 0.348 e. The predicted molar refractivity (Wildman–Crippen MR) is 111 cm³/mol. The van der Waals surface area contributed by atoms with Crippen LogP contribution < -0.4 is 5.32 Å². The molecule has 0 atom stereocenters. The van der Waals surface area contributed by atoms with Gasteiger partial charge in [0.15, 0.2) is 0 Å². The van der Waals surface area contributed by atoms with E-state index in [1.165, 1.54) is 18.2 Å². The molecule has 1 N–H and O–H groups in total. The number of esters is 2. The fourth-order valence-electron chi connectivity index (χ4n) is 2.49. The topological polar surface area (TPSA) is 125 Å². The van der Waals surface area contributed by atoms with Crippen LogP contribution in [0.1, 0.15) is 56.7 Å². The van der Waals surface area contributed by atoms with Gasteiger partial charge in [-0.2, -0.15) is 0 Å². The first-order valence-electron chi connectivity index (χ1n) is 9.19. The van der Waals surface area contributed by atoms with Gasteiger partial charge in [0.25, 0.3) is 11.6 Å². The quantitative estimate of drug-likeness (QED) is 0.375. The number of non-ortho nitro benzene ring substituents is 1. The van der Waals surface area contributed by atoms with E-state index in [1.807, 2.05) is 13.8 Å². The van der Waals surface area contributed by atoms with Crippen molar-refractivity contribution in [3.05, 3.63) is 55.9 Å². The van der Waals surface area contributed by atoms with E-state index in [0.29, 0.717) is 5.56 Å². The predicted octanol–water partition coefficient (Wildman–Crippen LogP) is 4.21. The Morgan fingerprint density at radius 3 is 2.50 bits per heavy atom. The molecule has 0 spiro atoms. The largest absolute Gasteiger partial charge is 0.462 e. The molecule has 0 aliphatic heterocycles. The summed E-state index contributed by atoms with van der Waals surface area (Å²) in [5.74, 6) is -1.82. The summed E-state index contributed by atoms with van der Waals surface area (Å²) >= 11 is 0.892. The highest BCUT2D eigenvalue weighted by atomic mass is 32.1. The van der Waals surface area contributed by atoms with E-state index in [9.17, 15) is 24.5 Å². The van der Waals surface area contributed by atoms with Gasteiger partial charge in [0, 0.05) is 17.7 Å². The number of thiophene rings is 1. The van der Waals surface area contributed by atoms with Crippen LogP contribution in [0.5, 0.6) is 0 Å². The van der Waals surface area contributed by atoms with Crippen LogP contribution >= 0.6 is 11.3 Å². The summed E-state index contributed by atoms with van der Waals surface area (Å²) in [6, 6.07) is 5.18. The highest BCUT2D eigenvalue weighted by Gasteiger charge is 2.28. The van der Waals surface area contributed by atoms with Gasteiger partial charge in [-0.05, 0) is 31.4 Å². The summed E-state index contributed by atoms with van der Waals surface area (Å²) < 4.78 is 10.3. The van der Waals surface area contributed by atoms with Gasteiger partial charge in [0.05, 0.1) is 23.7 Å². The summed E-state index contributed by atoms with van der Waals surface area (Å²) in [5, 5.41) is 13.6. The molecule has 160 valence electrons. The number of rotatable bonds is 8. The zero-order valence-electron chi connectivity index (χ0n) is 17.0. The average molecular weight is 434 g/mol. The van der Waals surface area contributed by atoms with Crippen molar-refractivity contribution in [1.29, 1.82) is 0 Å². The van der Waals surface area contributed by atoms with E-state index in [1.54, 1.807) is 13.8 Å². The number of anilines is 1. The van der Waals surface area contributed by atoms with E-state index < -0.39 is 22.8 Å². The van der Waals surface area contributed by atoms with Gasteiger partial charge in [-0.3, -0.25) is 14.9 Å². The normalized spacial score (nSPS) is 10.6. The van der Waals surface area contributed by atoms with Crippen LogP contribution in [0, 0.1) is 23.0 Å². The van der Waals surface area contributed by atoms with Gasteiger partial charge in [0.2, 0.25) is 0 Å². The highest BCUT2D eigenvalue weighted by Crippen LogP contribution is 2.35. The molecular formula is C20H22N2O7S. The van der Waals surface area contributed by atoms with Crippen LogP contribution in [-0.4, -0.2) is 36.0 Å². The number of carbonyl (C=O) groups excluding carboxylic acids is 3. The van der Waals surface area contributed by atoms with Gasteiger partial charge < -0.3 is 14.8 Å².